The molecule has 9 heteroatoms. The molecule has 4 heterocycles. The van der Waals surface area contributed by atoms with Crippen LogP contribution in [0.5, 0.6) is 11.6 Å². The molecule has 44 heavy (non-hydrogen) atoms. The number of rotatable bonds is 7. The van der Waals surface area contributed by atoms with E-state index in [0.29, 0.717) is 66.6 Å². The molecule has 0 aliphatic carbocycles. The molecule has 1 amide bonds. The van der Waals surface area contributed by atoms with Crippen molar-refractivity contribution < 1.29 is 19.0 Å². The number of nitrogens with one attached hydrogen (secondary N) is 2. The number of nitriles is 1. The molecule has 3 N–H and O–H groups in total. The second kappa shape index (κ2) is 11.3. The van der Waals surface area contributed by atoms with E-state index in [4.69, 9.17) is 9.72 Å². The molecule has 2 atom stereocenters. The van der Waals surface area contributed by atoms with Gasteiger partial charge in [-0.1, -0.05) is 24.3 Å². The number of hydrogen-bond donors (Lipinski definition) is 3. The van der Waals surface area contributed by atoms with Gasteiger partial charge in [-0.05, 0) is 98.8 Å². The third-order valence-electron chi connectivity index (χ3n) is 9.74. The highest BCUT2D eigenvalue weighted by atomic mass is 19.1. The van der Waals surface area contributed by atoms with Crippen molar-refractivity contribution in [3.8, 4) is 28.8 Å². The molecule has 0 radical (unpaired) electrons. The van der Waals surface area contributed by atoms with Gasteiger partial charge >= 0.3 is 0 Å². The number of unbranched alkanes of at least 4 members (excludes halogenated alkanes) is 1. The van der Waals surface area contributed by atoms with E-state index < -0.39 is 11.2 Å². The first-order valence-electron chi connectivity index (χ1n) is 15.5. The van der Waals surface area contributed by atoms with Crippen molar-refractivity contribution in [2.75, 3.05) is 38.6 Å². The molecule has 3 aliphatic heterocycles. The van der Waals surface area contributed by atoms with Crippen molar-refractivity contribution >= 4 is 33.3 Å². The summed E-state index contributed by atoms with van der Waals surface area (Å²) in [6, 6.07) is 15.2. The monoisotopic (exact) mass is 593 g/mol. The Bertz CT molecular complexity index is 1830. The molecule has 3 aromatic carbocycles. The summed E-state index contributed by atoms with van der Waals surface area (Å²) >= 11 is 0. The lowest BCUT2D eigenvalue weighted by Gasteiger charge is -2.33. The number of likely N-dealkylation sites (N-methyl/N-ethyl adjacent to an activating group) is 1. The summed E-state index contributed by atoms with van der Waals surface area (Å²) in [5, 5.41) is 28.7. The number of carbonyl (C=O) groups is 1. The maximum absolute atomic E-state index is 17.3. The van der Waals surface area contributed by atoms with Crippen molar-refractivity contribution in [1.82, 2.24) is 15.2 Å². The maximum Gasteiger partial charge on any atom is 0.238 e. The lowest BCUT2D eigenvalue weighted by Crippen LogP contribution is -2.48. The first kappa shape index (κ1) is 28.5. The molecule has 0 bridgehead atoms. The van der Waals surface area contributed by atoms with Gasteiger partial charge in [-0.25, -0.2) is 9.37 Å². The lowest BCUT2D eigenvalue weighted by molar-refractivity contribution is -0.121. The van der Waals surface area contributed by atoms with Gasteiger partial charge < -0.3 is 25.4 Å². The quantitative estimate of drug-likeness (QED) is 0.233. The van der Waals surface area contributed by atoms with Crippen molar-refractivity contribution in [3.05, 3.63) is 59.4 Å². The van der Waals surface area contributed by atoms with Crippen LogP contribution in [0, 0.1) is 17.1 Å². The second-order valence-electron chi connectivity index (χ2n) is 12.4. The van der Waals surface area contributed by atoms with Gasteiger partial charge in [0.05, 0.1) is 11.5 Å². The highest BCUT2D eigenvalue weighted by Gasteiger charge is 2.50. The summed E-state index contributed by atoms with van der Waals surface area (Å²) in [5.41, 5.74) is 2.17. The van der Waals surface area contributed by atoms with E-state index in [1.54, 1.807) is 12.1 Å². The third-order valence-corrected chi connectivity index (χ3v) is 9.74. The number of phenolic OH excluding ortho intramolecular Hbond substituents is 1. The minimum absolute atomic E-state index is 0.0369. The van der Waals surface area contributed by atoms with E-state index in [-0.39, 0.29) is 29.1 Å². The molecule has 2 saturated heterocycles. The Morgan fingerprint density at radius 3 is 2.86 bits per heavy atom. The summed E-state index contributed by atoms with van der Waals surface area (Å²) in [6.45, 7) is 2.64. The molecule has 226 valence electrons. The number of phenols is 1. The Labute approximate surface area is 255 Å². The lowest BCUT2D eigenvalue weighted by atomic mass is 9.74. The third kappa shape index (κ3) is 4.64. The van der Waals surface area contributed by atoms with Gasteiger partial charge in [0, 0.05) is 35.5 Å². The largest absolute Gasteiger partial charge is 0.508 e. The summed E-state index contributed by atoms with van der Waals surface area (Å²) in [4.78, 5) is 20.8. The summed E-state index contributed by atoms with van der Waals surface area (Å²) < 4.78 is 23.7. The number of benzene rings is 3. The minimum atomic E-state index is -0.868. The number of aryl methyl sites for hydroxylation is 1. The molecule has 2 fully saturated rings. The molecular weight excluding hydrogens is 557 g/mol. The molecule has 4 aromatic rings. The van der Waals surface area contributed by atoms with Crippen LogP contribution in [0.2, 0.25) is 0 Å². The Balaban J connectivity index is 1.50. The zero-order chi connectivity index (χ0) is 30.4. The summed E-state index contributed by atoms with van der Waals surface area (Å²) in [7, 11) is 2.07. The highest BCUT2D eigenvalue weighted by Crippen LogP contribution is 2.51. The summed E-state index contributed by atoms with van der Waals surface area (Å²) in [5.74, 6) is -0.360. The fourth-order valence-corrected chi connectivity index (χ4v) is 7.48. The SMILES string of the molecule is CN1CCC[C@H]1COc1nc2c(F)c(-c3cc(O)cc4ccccc34)c(CCCC#N)cc2c2c1NC(=O)C21CCCNC1. The van der Waals surface area contributed by atoms with E-state index in [0.717, 1.165) is 48.7 Å². The van der Waals surface area contributed by atoms with Gasteiger partial charge in [0.2, 0.25) is 11.8 Å². The van der Waals surface area contributed by atoms with Crippen LogP contribution in [0.3, 0.4) is 0 Å². The average Bonchev–Trinajstić information content (AvgIpc) is 3.56. The van der Waals surface area contributed by atoms with Gasteiger partial charge in [0.1, 0.15) is 23.6 Å². The number of hydrogen-bond acceptors (Lipinski definition) is 7. The molecule has 0 saturated carbocycles. The molecule has 1 unspecified atom stereocenters. The number of aromatic hydroxyl groups is 1. The maximum atomic E-state index is 17.3. The standard InChI is InChI=1S/C35H36FN5O3/c1-41-15-6-10-23(41)19-44-33-32-29(35(34(43)40-32)12-7-14-38-20-35)27-17-22(9-4-5-13-37)28(30(36)31(27)39-33)26-18-24(42)16-21-8-2-3-11-25(21)26/h2-3,8,11,16-18,23,38,42H,4-7,9-10,12,14-15,19-20H2,1H3,(H,40,43)/t23-,35?/m0/s1. The van der Waals surface area contributed by atoms with Crippen LogP contribution < -0.4 is 15.4 Å². The van der Waals surface area contributed by atoms with E-state index in [1.807, 2.05) is 30.3 Å². The van der Waals surface area contributed by atoms with Crippen LogP contribution in [0.1, 0.15) is 49.7 Å². The zero-order valence-electron chi connectivity index (χ0n) is 24.9. The minimum Gasteiger partial charge on any atom is -0.508 e. The second-order valence-corrected chi connectivity index (χ2v) is 12.4. The molecule has 7 rings (SSSR count). The smallest absolute Gasteiger partial charge is 0.238 e. The van der Waals surface area contributed by atoms with Crippen LogP contribution in [-0.2, 0) is 16.6 Å². The van der Waals surface area contributed by atoms with Crippen LogP contribution in [0.25, 0.3) is 32.8 Å². The van der Waals surface area contributed by atoms with Crippen molar-refractivity contribution in [3.63, 3.8) is 0 Å². The average molecular weight is 594 g/mol. The zero-order valence-corrected chi connectivity index (χ0v) is 24.9. The molecule has 1 spiro atoms. The van der Waals surface area contributed by atoms with Gasteiger partial charge in [0.15, 0.2) is 5.82 Å². The van der Waals surface area contributed by atoms with E-state index >= 15 is 4.39 Å². The predicted molar refractivity (Wildman–Crippen MR) is 168 cm³/mol. The first-order chi connectivity index (χ1) is 21.4. The predicted octanol–water partition coefficient (Wildman–Crippen LogP) is 5.79. The Kier molecular flexibility index (Phi) is 7.35. The molecule has 8 nitrogen and oxygen atoms in total. The number of fused-ring (bicyclic) bond motifs is 5. The van der Waals surface area contributed by atoms with Gasteiger partial charge in [-0.2, -0.15) is 5.26 Å². The molecule has 3 aliphatic rings. The van der Waals surface area contributed by atoms with E-state index in [2.05, 4.69) is 28.7 Å². The number of piperidine rings is 1. The molecule has 1 aromatic heterocycles. The van der Waals surface area contributed by atoms with Crippen molar-refractivity contribution in [2.24, 2.45) is 0 Å². The number of likely N-dealkylation sites (tertiary alicyclic amines) is 1. The number of halogens is 1. The Morgan fingerprint density at radius 2 is 2.09 bits per heavy atom. The highest BCUT2D eigenvalue weighted by molar-refractivity contribution is 6.13. The number of aromatic nitrogens is 1. The number of amides is 1. The van der Waals surface area contributed by atoms with Crippen LogP contribution in [-0.4, -0.2) is 60.2 Å². The van der Waals surface area contributed by atoms with Crippen molar-refractivity contribution in [1.29, 1.82) is 5.26 Å². The van der Waals surface area contributed by atoms with Crippen molar-refractivity contribution in [2.45, 2.75) is 56.4 Å². The van der Waals surface area contributed by atoms with E-state index in [9.17, 15) is 15.2 Å². The number of nitrogens with zero attached hydrogens (tertiary/aromatic N) is 3. The molecular formula is C35H36FN5O3. The number of pyridine rings is 1. The number of ether oxygens (including phenoxy) is 1. The van der Waals surface area contributed by atoms with E-state index in [1.165, 1.54) is 0 Å². The normalized spacial score (nSPS) is 21.6. The van der Waals surface area contributed by atoms with Gasteiger partial charge in [-0.15, -0.1) is 0 Å². The van der Waals surface area contributed by atoms with Gasteiger partial charge in [-0.3, -0.25) is 4.79 Å². The first-order valence-corrected chi connectivity index (χ1v) is 15.5. The summed E-state index contributed by atoms with van der Waals surface area (Å²) in [6.07, 6.45) is 4.85. The van der Waals surface area contributed by atoms with Crippen LogP contribution in [0.15, 0.2) is 42.5 Å². The number of anilines is 1. The van der Waals surface area contributed by atoms with Gasteiger partial charge in [0.25, 0.3) is 0 Å². The number of carbonyl (C=O) groups excluding carboxylic acids is 1. The topological polar surface area (TPSA) is 111 Å². The van der Waals surface area contributed by atoms with Crippen LogP contribution >= 0.6 is 0 Å². The Morgan fingerprint density at radius 1 is 1.23 bits per heavy atom. The fraction of sp³-hybridized carbons (Fsp3) is 0.400. The fourth-order valence-electron chi connectivity index (χ4n) is 7.48. The Hall–Kier alpha value is -4.26. The van der Waals surface area contributed by atoms with Crippen LogP contribution in [0.4, 0.5) is 10.1 Å².